The van der Waals surface area contributed by atoms with Gasteiger partial charge in [0.2, 0.25) is 5.91 Å². The van der Waals surface area contributed by atoms with Gasteiger partial charge in [-0.15, -0.1) is 0 Å². The highest BCUT2D eigenvalue weighted by atomic mass is 16.5. The molecule has 0 bridgehead atoms. The molecule has 1 heterocycles. The molecule has 5 nitrogen and oxygen atoms in total. The average molecular weight is 337 g/mol. The van der Waals surface area contributed by atoms with E-state index in [1.54, 1.807) is 7.11 Å². The number of methoxy groups -OCH3 is 1. The summed E-state index contributed by atoms with van der Waals surface area (Å²) in [6, 6.07) is 18.2. The zero-order valence-electron chi connectivity index (χ0n) is 14.4. The maximum atomic E-state index is 12.1. The topological polar surface area (TPSA) is 56.1 Å². The van der Waals surface area contributed by atoms with E-state index >= 15 is 0 Å². The number of rotatable bonds is 8. The van der Waals surface area contributed by atoms with Crippen LogP contribution < -0.4 is 5.32 Å². The molecule has 0 atom stereocenters. The fraction of sp³-hybridized carbons (Fsp3) is 0.300. The Balaban J connectivity index is 1.76. The number of amides is 1. The SMILES string of the molecule is COCCCNC(=O)CCc1nc2ccccc2n1-c1ccccc1. The number of aromatic nitrogens is 2. The maximum absolute atomic E-state index is 12.1. The van der Waals surface area contributed by atoms with E-state index in [1.165, 1.54) is 0 Å². The minimum atomic E-state index is 0.0442. The third-order valence-electron chi connectivity index (χ3n) is 4.07. The molecule has 0 aliphatic rings. The third-order valence-corrected chi connectivity index (χ3v) is 4.07. The number of nitrogens with zero attached hydrogens (tertiary/aromatic N) is 2. The molecule has 1 N–H and O–H groups in total. The van der Waals surface area contributed by atoms with Crippen LogP contribution in [-0.2, 0) is 16.0 Å². The van der Waals surface area contributed by atoms with E-state index in [9.17, 15) is 4.79 Å². The molecule has 0 saturated heterocycles. The highest BCUT2D eigenvalue weighted by molar-refractivity contribution is 5.79. The van der Waals surface area contributed by atoms with Gasteiger partial charge < -0.3 is 10.1 Å². The first-order valence-electron chi connectivity index (χ1n) is 8.57. The fourth-order valence-electron chi connectivity index (χ4n) is 2.87. The van der Waals surface area contributed by atoms with Crippen LogP contribution in [0, 0.1) is 0 Å². The number of hydrogen-bond acceptors (Lipinski definition) is 3. The van der Waals surface area contributed by atoms with Gasteiger partial charge in [0.25, 0.3) is 0 Å². The van der Waals surface area contributed by atoms with Crippen LogP contribution in [0.15, 0.2) is 54.6 Å². The molecule has 2 aromatic carbocycles. The summed E-state index contributed by atoms with van der Waals surface area (Å²) in [5, 5.41) is 2.92. The van der Waals surface area contributed by atoms with Crippen molar-refractivity contribution in [3.05, 3.63) is 60.4 Å². The monoisotopic (exact) mass is 337 g/mol. The van der Waals surface area contributed by atoms with Crippen LogP contribution in [0.1, 0.15) is 18.7 Å². The summed E-state index contributed by atoms with van der Waals surface area (Å²) in [5.74, 6) is 0.946. The lowest BCUT2D eigenvalue weighted by molar-refractivity contribution is -0.121. The van der Waals surface area contributed by atoms with E-state index in [0.717, 1.165) is 29.0 Å². The van der Waals surface area contributed by atoms with Crippen molar-refractivity contribution in [3.8, 4) is 5.69 Å². The standard InChI is InChI=1S/C20H23N3O2/c1-25-15-7-14-21-20(24)13-12-19-22-17-10-5-6-11-18(17)23(19)16-8-3-2-4-9-16/h2-6,8-11H,7,12-15H2,1H3,(H,21,24). The summed E-state index contributed by atoms with van der Waals surface area (Å²) in [4.78, 5) is 16.8. The van der Waals surface area contributed by atoms with E-state index in [4.69, 9.17) is 9.72 Å². The Hall–Kier alpha value is -2.66. The molecule has 5 heteroatoms. The van der Waals surface area contributed by atoms with E-state index in [1.807, 2.05) is 36.4 Å². The van der Waals surface area contributed by atoms with Crippen LogP contribution >= 0.6 is 0 Å². The second kappa shape index (κ2) is 8.44. The van der Waals surface area contributed by atoms with Gasteiger partial charge in [-0.25, -0.2) is 4.98 Å². The van der Waals surface area contributed by atoms with E-state index in [-0.39, 0.29) is 5.91 Å². The van der Waals surface area contributed by atoms with Crippen molar-refractivity contribution in [1.82, 2.24) is 14.9 Å². The van der Waals surface area contributed by atoms with Crippen LogP contribution in [0.4, 0.5) is 0 Å². The Labute approximate surface area is 147 Å². The van der Waals surface area contributed by atoms with Crippen molar-refractivity contribution >= 4 is 16.9 Å². The molecule has 1 amide bonds. The molecule has 0 spiro atoms. The van der Waals surface area contributed by atoms with Gasteiger partial charge in [-0.2, -0.15) is 0 Å². The summed E-state index contributed by atoms with van der Waals surface area (Å²) >= 11 is 0. The molecule has 3 aromatic rings. The quantitative estimate of drug-likeness (QED) is 0.643. The first-order valence-corrected chi connectivity index (χ1v) is 8.57. The van der Waals surface area contributed by atoms with Crippen molar-refractivity contribution in [2.75, 3.05) is 20.3 Å². The van der Waals surface area contributed by atoms with Gasteiger partial charge in [-0.1, -0.05) is 30.3 Å². The molecule has 3 rings (SSSR count). The summed E-state index contributed by atoms with van der Waals surface area (Å²) in [7, 11) is 1.66. The largest absolute Gasteiger partial charge is 0.385 e. The number of carbonyl (C=O) groups is 1. The van der Waals surface area contributed by atoms with E-state index < -0.39 is 0 Å². The molecular formula is C20H23N3O2. The van der Waals surface area contributed by atoms with Crippen molar-refractivity contribution < 1.29 is 9.53 Å². The summed E-state index contributed by atoms with van der Waals surface area (Å²) < 4.78 is 7.12. The Morgan fingerprint density at radius 1 is 1.12 bits per heavy atom. The summed E-state index contributed by atoms with van der Waals surface area (Å²) in [6.45, 7) is 1.30. The normalized spacial score (nSPS) is 10.9. The Morgan fingerprint density at radius 2 is 1.88 bits per heavy atom. The molecular weight excluding hydrogens is 314 g/mol. The first kappa shape index (κ1) is 17.2. The smallest absolute Gasteiger partial charge is 0.220 e. The zero-order valence-corrected chi connectivity index (χ0v) is 14.4. The number of imidazole rings is 1. The van der Waals surface area contributed by atoms with Crippen molar-refractivity contribution in [3.63, 3.8) is 0 Å². The zero-order chi connectivity index (χ0) is 17.5. The molecule has 130 valence electrons. The van der Waals surface area contributed by atoms with Crippen LogP contribution in [-0.4, -0.2) is 35.7 Å². The molecule has 0 saturated carbocycles. The Kier molecular flexibility index (Phi) is 5.80. The van der Waals surface area contributed by atoms with Gasteiger partial charge in [-0.3, -0.25) is 9.36 Å². The van der Waals surface area contributed by atoms with Crippen molar-refractivity contribution in [2.24, 2.45) is 0 Å². The second-order valence-electron chi connectivity index (χ2n) is 5.88. The summed E-state index contributed by atoms with van der Waals surface area (Å²) in [5.41, 5.74) is 3.07. The Bertz CT molecular complexity index is 827. The van der Waals surface area contributed by atoms with Crippen LogP contribution in [0.25, 0.3) is 16.7 Å². The van der Waals surface area contributed by atoms with Gasteiger partial charge in [0.15, 0.2) is 0 Å². The number of hydrogen-bond donors (Lipinski definition) is 1. The molecule has 25 heavy (non-hydrogen) atoms. The number of ether oxygens (including phenoxy) is 1. The minimum absolute atomic E-state index is 0.0442. The highest BCUT2D eigenvalue weighted by Crippen LogP contribution is 2.22. The van der Waals surface area contributed by atoms with Crippen LogP contribution in [0.5, 0.6) is 0 Å². The van der Waals surface area contributed by atoms with Gasteiger partial charge in [-0.05, 0) is 30.7 Å². The lowest BCUT2D eigenvalue weighted by Crippen LogP contribution is -2.25. The number of benzene rings is 2. The lowest BCUT2D eigenvalue weighted by Gasteiger charge is -2.09. The predicted molar refractivity (Wildman–Crippen MR) is 98.9 cm³/mol. The molecule has 0 aliphatic carbocycles. The molecule has 1 aromatic heterocycles. The lowest BCUT2D eigenvalue weighted by atomic mass is 10.2. The van der Waals surface area contributed by atoms with E-state index in [0.29, 0.717) is 26.0 Å². The van der Waals surface area contributed by atoms with Crippen molar-refractivity contribution in [1.29, 1.82) is 0 Å². The number of aryl methyl sites for hydroxylation is 1. The minimum Gasteiger partial charge on any atom is -0.385 e. The Morgan fingerprint density at radius 3 is 2.68 bits per heavy atom. The number of nitrogens with one attached hydrogen (secondary N) is 1. The average Bonchev–Trinajstić information content (AvgIpc) is 3.02. The molecule has 0 unspecified atom stereocenters. The maximum Gasteiger partial charge on any atom is 0.220 e. The third kappa shape index (κ3) is 4.25. The van der Waals surface area contributed by atoms with E-state index in [2.05, 4.69) is 28.1 Å². The first-order chi connectivity index (χ1) is 12.3. The molecule has 0 fully saturated rings. The van der Waals surface area contributed by atoms with Crippen LogP contribution in [0.3, 0.4) is 0 Å². The van der Waals surface area contributed by atoms with Gasteiger partial charge >= 0.3 is 0 Å². The second-order valence-corrected chi connectivity index (χ2v) is 5.88. The molecule has 0 radical (unpaired) electrons. The van der Waals surface area contributed by atoms with Gasteiger partial charge in [0, 0.05) is 38.8 Å². The molecule has 0 aliphatic heterocycles. The number of fused-ring (bicyclic) bond motifs is 1. The van der Waals surface area contributed by atoms with Gasteiger partial charge in [0.05, 0.1) is 11.0 Å². The van der Waals surface area contributed by atoms with Gasteiger partial charge in [0.1, 0.15) is 5.82 Å². The highest BCUT2D eigenvalue weighted by Gasteiger charge is 2.13. The number of para-hydroxylation sites is 3. The predicted octanol–water partition coefficient (Wildman–Crippen LogP) is 3.11. The summed E-state index contributed by atoms with van der Waals surface area (Å²) in [6.07, 6.45) is 1.84. The van der Waals surface area contributed by atoms with Crippen LogP contribution in [0.2, 0.25) is 0 Å². The number of carbonyl (C=O) groups excluding carboxylic acids is 1. The van der Waals surface area contributed by atoms with Crippen molar-refractivity contribution in [2.45, 2.75) is 19.3 Å². The fourth-order valence-corrected chi connectivity index (χ4v) is 2.87.